The van der Waals surface area contributed by atoms with Crippen molar-refractivity contribution in [1.29, 1.82) is 0 Å². The number of likely N-dealkylation sites (tertiary alicyclic amines) is 1. The second kappa shape index (κ2) is 5.17. The topological polar surface area (TPSA) is 32.3 Å². The lowest BCUT2D eigenvalue weighted by Crippen LogP contribution is -2.40. The van der Waals surface area contributed by atoms with E-state index in [0.29, 0.717) is 23.9 Å². The van der Waals surface area contributed by atoms with Crippen LogP contribution >= 0.6 is 0 Å². The average Bonchev–Trinajstić information content (AvgIpc) is 2.60. The Morgan fingerprint density at radius 2 is 1.69 bits per heavy atom. The fourth-order valence-electron chi connectivity index (χ4n) is 3.12. The van der Waals surface area contributed by atoms with Crippen molar-refractivity contribution in [2.45, 2.75) is 58.0 Å². The van der Waals surface area contributed by atoms with Gasteiger partial charge in [0.15, 0.2) is 0 Å². The Hall–Kier alpha value is -0.570. The molecule has 1 amide bonds. The highest BCUT2D eigenvalue weighted by atomic mass is 16.2. The maximum Gasteiger partial charge on any atom is 0.223 e. The van der Waals surface area contributed by atoms with Gasteiger partial charge in [0, 0.05) is 18.5 Å². The Bertz CT molecular complexity index is 238. The molecule has 2 heterocycles. The highest BCUT2D eigenvalue weighted by Crippen LogP contribution is 2.26. The number of nitrogens with one attached hydrogen (secondary N) is 1. The largest absolute Gasteiger partial charge is 0.337 e. The van der Waals surface area contributed by atoms with Gasteiger partial charge < -0.3 is 10.2 Å². The first-order chi connectivity index (χ1) is 7.68. The molecule has 0 aliphatic carbocycles. The van der Waals surface area contributed by atoms with Crippen LogP contribution < -0.4 is 5.32 Å². The zero-order chi connectivity index (χ0) is 11.5. The van der Waals surface area contributed by atoms with Crippen molar-refractivity contribution < 1.29 is 4.79 Å². The summed E-state index contributed by atoms with van der Waals surface area (Å²) in [6, 6.07) is 0.924. The molecule has 2 atom stereocenters. The first-order valence-corrected chi connectivity index (χ1v) is 6.70. The summed E-state index contributed by atoms with van der Waals surface area (Å²) in [5, 5.41) is 3.35. The molecule has 2 unspecified atom stereocenters. The minimum atomic E-state index is 0.393. The van der Waals surface area contributed by atoms with Crippen molar-refractivity contribution >= 4 is 5.91 Å². The Labute approximate surface area is 98.6 Å². The smallest absolute Gasteiger partial charge is 0.223 e. The third-order valence-corrected chi connectivity index (χ3v) is 4.16. The van der Waals surface area contributed by atoms with E-state index in [4.69, 9.17) is 0 Å². The molecule has 1 N–H and O–H groups in total. The van der Waals surface area contributed by atoms with Gasteiger partial charge in [-0.15, -0.1) is 0 Å². The van der Waals surface area contributed by atoms with Gasteiger partial charge in [-0.25, -0.2) is 0 Å². The number of hydrogen-bond donors (Lipinski definition) is 1. The molecule has 2 saturated heterocycles. The normalized spacial score (nSPS) is 32.0. The van der Waals surface area contributed by atoms with Gasteiger partial charge >= 0.3 is 0 Å². The predicted octanol–water partition coefficient (Wildman–Crippen LogP) is 1.78. The van der Waals surface area contributed by atoms with E-state index in [9.17, 15) is 4.79 Å². The first-order valence-electron chi connectivity index (χ1n) is 6.70. The van der Waals surface area contributed by atoms with Crippen LogP contribution in [0.15, 0.2) is 0 Å². The summed E-state index contributed by atoms with van der Waals surface area (Å²) in [6.07, 6.45) is 5.47. The van der Waals surface area contributed by atoms with E-state index in [1.54, 1.807) is 0 Å². The van der Waals surface area contributed by atoms with E-state index in [2.05, 4.69) is 24.1 Å². The number of hydrogen-bond acceptors (Lipinski definition) is 2. The molecule has 2 rings (SSSR count). The maximum atomic E-state index is 12.2. The molecular formula is C13H24N2O. The molecule has 2 aliphatic heterocycles. The fourth-order valence-corrected chi connectivity index (χ4v) is 3.12. The summed E-state index contributed by atoms with van der Waals surface area (Å²) in [4.78, 5) is 14.4. The van der Waals surface area contributed by atoms with Crippen molar-refractivity contribution in [2.75, 3.05) is 13.1 Å². The summed E-state index contributed by atoms with van der Waals surface area (Å²) in [5.41, 5.74) is 0. The van der Waals surface area contributed by atoms with Crippen molar-refractivity contribution in [3.05, 3.63) is 0 Å². The second-order valence-corrected chi connectivity index (χ2v) is 5.47. The summed E-state index contributed by atoms with van der Waals surface area (Å²) in [7, 11) is 0. The van der Waals surface area contributed by atoms with Crippen LogP contribution in [0.25, 0.3) is 0 Å². The number of amides is 1. The molecule has 0 spiro atoms. The van der Waals surface area contributed by atoms with Gasteiger partial charge in [-0.3, -0.25) is 4.79 Å². The van der Waals surface area contributed by atoms with Crippen molar-refractivity contribution in [3.63, 3.8) is 0 Å². The van der Waals surface area contributed by atoms with E-state index < -0.39 is 0 Å². The van der Waals surface area contributed by atoms with E-state index in [0.717, 1.165) is 19.5 Å². The molecule has 3 nitrogen and oxygen atoms in total. The zero-order valence-electron chi connectivity index (χ0n) is 10.5. The van der Waals surface area contributed by atoms with E-state index in [1.165, 1.54) is 25.7 Å². The maximum absolute atomic E-state index is 12.2. The molecule has 92 valence electrons. The summed E-state index contributed by atoms with van der Waals surface area (Å²) < 4.78 is 0. The lowest BCUT2D eigenvalue weighted by atomic mass is 9.94. The van der Waals surface area contributed by atoms with E-state index in [1.807, 2.05) is 0 Å². The van der Waals surface area contributed by atoms with Crippen LogP contribution in [-0.4, -0.2) is 36.0 Å². The first kappa shape index (κ1) is 11.9. The van der Waals surface area contributed by atoms with E-state index in [-0.39, 0.29) is 0 Å². The molecular weight excluding hydrogens is 200 g/mol. The molecule has 0 saturated carbocycles. The van der Waals surface area contributed by atoms with Crippen LogP contribution in [0.2, 0.25) is 0 Å². The Kier molecular flexibility index (Phi) is 3.85. The van der Waals surface area contributed by atoms with Crippen LogP contribution in [0.3, 0.4) is 0 Å². The molecule has 2 fully saturated rings. The van der Waals surface area contributed by atoms with Gasteiger partial charge in [0.05, 0.1) is 0 Å². The number of carbonyl (C=O) groups excluding carboxylic acids is 1. The number of nitrogens with zero attached hydrogens (tertiary/aromatic N) is 1. The summed E-state index contributed by atoms with van der Waals surface area (Å²) in [5.74, 6) is 1.01. The van der Waals surface area contributed by atoms with Crippen LogP contribution in [0.1, 0.15) is 46.0 Å². The molecule has 2 aliphatic rings. The quantitative estimate of drug-likeness (QED) is 0.775. The average molecular weight is 224 g/mol. The van der Waals surface area contributed by atoms with E-state index >= 15 is 0 Å². The highest BCUT2D eigenvalue weighted by Gasteiger charge is 2.32. The Balaban J connectivity index is 1.86. The molecule has 3 heteroatoms. The van der Waals surface area contributed by atoms with Crippen LogP contribution in [0, 0.1) is 5.92 Å². The monoisotopic (exact) mass is 224 g/mol. The van der Waals surface area contributed by atoms with Gasteiger partial charge in [0.1, 0.15) is 0 Å². The zero-order valence-corrected chi connectivity index (χ0v) is 10.5. The minimum Gasteiger partial charge on any atom is -0.337 e. The Morgan fingerprint density at radius 1 is 1.12 bits per heavy atom. The second-order valence-electron chi connectivity index (χ2n) is 5.47. The van der Waals surface area contributed by atoms with Gasteiger partial charge in [-0.2, -0.15) is 0 Å². The SMILES string of the molecule is CC1CCC(C)N1C(=O)CC1CCNCC1. The Morgan fingerprint density at radius 3 is 2.25 bits per heavy atom. The summed E-state index contributed by atoms with van der Waals surface area (Å²) in [6.45, 7) is 6.54. The molecule has 0 aromatic rings. The molecule has 16 heavy (non-hydrogen) atoms. The fraction of sp³-hybridized carbons (Fsp3) is 0.923. The minimum absolute atomic E-state index is 0.393. The third-order valence-electron chi connectivity index (χ3n) is 4.16. The predicted molar refractivity (Wildman–Crippen MR) is 65.2 cm³/mol. The van der Waals surface area contributed by atoms with Gasteiger partial charge in [0.25, 0.3) is 0 Å². The number of rotatable bonds is 2. The van der Waals surface area contributed by atoms with Crippen LogP contribution in [0.5, 0.6) is 0 Å². The highest BCUT2D eigenvalue weighted by molar-refractivity contribution is 5.77. The molecule has 0 aromatic heterocycles. The lowest BCUT2D eigenvalue weighted by molar-refractivity contribution is -0.134. The van der Waals surface area contributed by atoms with Crippen molar-refractivity contribution in [1.82, 2.24) is 10.2 Å². The van der Waals surface area contributed by atoms with Gasteiger partial charge in [-0.1, -0.05) is 0 Å². The van der Waals surface area contributed by atoms with Crippen LogP contribution in [0.4, 0.5) is 0 Å². The van der Waals surface area contributed by atoms with Crippen molar-refractivity contribution in [2.24, 2.45) is 5.92 Å². The third kappa shape index (κ3) is 2.57. The molecule has 0 aromatic carbocycles. The van der Waals surface area contributed by atoms with Crippen molar-refractivity contribution in [3.8, 4) is 0 Å². The molecule has 0 bridgehead atoms. The van der Waals surface area contributed by atoms with Gasteiger partial charge in [0.2, 0.25) is 5.91 Å². The summed E-state index contributed by atoms with van der Waals surface area (Å²) >= 11 is 0. The van der Waals surface area contributed by atoms with Gasteiger partial charge in [-0.05, 0) is 58.5 Å². The number of piperidine rings is 1. The number of carbonyl (C=O) groups is 1. The lowest BCUT2D eigenvalue weighted by Gasteiger charge is -2.29. The van der Waals surface area contributed by atoms with Crippen LogP contribution in [-0.2, 0) is 4.79 Å². The standard InChI is InChI=1S/C13H24N2O/c1-10-3-4-11(2)15(10)13(16)9-12-5-7-14-8-6-12/h10-12,14H,3-9H2,1-2H3. The molecule has 0 radical (unpaired) electrons.